The quantitative estimate of drug-likeness (QED) is 0.212. The highest BCUT2D eigenvalue weighted by Crippen LogP contribution is 2.02. The van der Waals surface area contributed by atoms with Gasteiger partial charge in [-0.2, -0.15) is 0 Å². The molecule has 0 saturated carbocycles. The van der Waals surface area contributed by atoms with Gasteiger partial charge in [0.2, 0.25) is 0 Å². The maximum Gasteiger partial charge on any atom is 0.305 e. The highest BCUT2D eigenvalue weighted by Gasteiger charge is 2.06. The molecule has 0 radical (unpaired) electrons. The molecule has 0 aromatic carbocycles. The molecule has 27 heavy (non-hydrogen) atoms. The molecule has 0 fully saturated rings. The number of rotatable bonds is 17. The summed E-state index contributed by atoms with van der Waals surface area (Å²) in [6.45, 7) is 1.69. The molecule has 1 atom stereocenters. The van der Waals surface area contributed by atoms with Crippen LogP contribution in [0.3, 0.4) is 0 Å². The molecule has 4 nitrogen and oxygen atoms in total. The number of carbonyl (C=O) groups is 1. The van der Waals surface area contributed by atoms with E-state index in [0.29, 0.717) is 6.42 Å². The molecule has 2 N–H and O–H groups in total. The van der Waals surface area contributed by atoms with Crippen LogP contribution in [0.25, 0.3) is 0 Å². The van der Waals surface area contributed by atoms with E-state index >= 15 is 0 Å². The maximum atomic E-state index is 11.4. The number of unbranched alkanes of at least 4 members (excludes halogenated alkanes) is 4. The third-order valence-electron chi connectivity index (χ3n) is 3.86. The molecule has 0 aromatic rings. The Bertz CT molecular complexity index is 449. The van der Waals surface area contributed by atoms with Crippen molar-refractivity contribution in [1.82, 2.24) is 0 Å². The topological polar surface area (TPSA) is 66.8 Å². The van der Waals surface area contributed by atoms with E-state index in [-0.39, 0.29) is 12.6 Å². The zero-order chi connectivity index (χ0) is 20.0. The van der Waals surface area contributed by atoms with Crippen LogP contribution >= 0.6 is 0 Å². The van der Waals surface area contributed by atoms with Gasteiger partial charge in [0.1, 0.15) is 12.7 Å². The Morgan fingerprint density at radius 3 is 1.89 bits per heavy atom. The largest absolute Gasteiger partial charge is 0.463 e. The van der Waals surface area contributed by atoms with E-state index in [1.165, 1.54) is 25.7 Å². The Morgan fingerprint density at radius 1 is 0.852 bits per heavy atom. The molecular weight excluding hydrogens is 340 g/mol. The number of allylic oxidation sites excluding steroid dienone is 8. The van der Waals surface area contributed by atoms with E-state index in [4.69, 9.17) is 14.9 Å². The lowest BCUT2D eigenvalue weighted by Gasteiger charge is -2.07. The van der Waals surface area contributed by atoms with E-state index in [9.17, 15) is 4.79 Å². The fourth-order valence-corrected chi connectivity index (χ4v) is 2.24. The zero-order valence-electron chi connectivity index (χ0n) is 16.9. The van der Waals surface area contributed by atoms with Gasteiger partial charge in [0, 0.05) is 6.42 Å². The molecule has 154 valence electrons. The fraction of sp³-hybridized carbons (Fsp3) is 0.609. The second kappa shape index (κ2) is 20.7. The lowest BCUT2D eigenvalue weighted by atomic mass is 10.2. The summed E-state index contributed by atoms with van der Waals surface area (Å²) < 4.78 is 4.83. The van der Waals surface area contributed by atoms with Crippen molar-refractivity contribution in [2.75, 3.05) is 13.2 Å². The minimum atomic E-state index is -0.984. The Hall–Kier alpha value is -1.65. The summed E-state index contributed by atoms with van der Waals surface area (Å²) in [6.07, 6.45) is 26.3. The third-order valence-corrected chi connectivity index (χ3v) is 3.86. The normalized spacial score (nSPS) is 13.4. The van der Waals surface area contributed by atoms with E-state index in [2.05, 4.69) is 55.5 Å². The smallest absolute Gasteiger partial charge is 0.305 e. The predicted octanol–water partition coefficient (Wildman–Crippen LogP) is 5.03. The minimum absolute atomic E-state index is 0.139. The van der Waals surface area contributed by atoms with E-state index in [1.807, 2.05) is 0 Å². The molecule has 1 unspecified atom stereocenters. The van der Waals surface area contributed by atoms with Gasteiger partial charge in [-0.25, -0.2) is 0 Å². The summed E-state index contributed by atoms with van der Waals surface area (Å²) in [4.78, 5) is 11.4. The summed E-state index contributed by atoms with van der Waals surface area (Å²) in [6, 6.07) is 0. The van der Waals surface area contributed by atoms with E-state index in [0.717, 1.165) is 32.1 Å². The monoisotopic (exact) mass is 378 g/mol. The first-order valence-electron chi connectivity index (χ1n) is 10.2. The third kappa shape index (κ3) is 20.5. The van der Waals surface area contributed by atoms with Crippen LogP contribution in [0.2, 0.25) is 0 Å². The first-order chi connectivity index (χ1) is 13.2. The van der Waals surface area contributed by atoms with Crippen molar-refractivity contribution in [3.63, 3.8) is 0 Å². The van der Waals surface area contributed by atoms with Crippen LogP contribution in [0.4, 0.5) is 0 Å². The van der Waals surface area contributed by atoms with Crippen molar-refractivity contribution in [3.8, 4) is 0 Å². The van der Waals surface area contributed by atoms with Crippen molar-refractivity contribution in [3.05, 3.63) is 48.6 Å². The van der Waals surface area contributed by atoms with Gasteiger partial charge in [0.05, 0.1) is 6.61 Å². The molecule has 0 spiro atoms. The van der Waals surface area contributed by atoms with Crippen LogP contribution in [0.1, 0.15) is 71.1 Å². The molecule has 0 aliphatic heterocycles. The summed E-state index contributed by atoms with van der Waals surface area (Å²) in [5, 5.41) is 17.7. The van der Waals surface area contributed by atoms with E-state index in [1.54, 1.807) is 0 Å². The highest BCUT2D eigenvalue weighted by molar-refractivity contribution is 5.69. The Morgan fingerprint density at radius 2 is 1.37 bits per heavy atom. The summed E-state index contributed by atoms with van der Waals surface area (Å²) >= 11 is 0. The fourth-order valence-electron chi connectivity index (χ4n) is 2.24. The molecule has 0 rings (SSSR count). The number of esters is 1. The Labute approximate surface area is 165 Å². The first-order valence-corrected chi connectivity index (χ1v) is 10.2. The van der Waals surface area contributed by atoms with Gasteiger partial charge in [0.25, 0.3) is 0 Å². The van der Waals surface area contributed by atoms with Gasteiger partial charge in [-0.05, 0) is 44.9 Å². The van der Waals surface area contributed by atoms with Gasteiger partial charge in [-0.15, -0.1) is 0 Å². The second-order valence-corrected chi connectivity index (χ2v) is 6.50. The second-order valence-electron chi connectivity index (χ2n) is 6.50. The van der Waals surface area contributed by atoms with Crippen LogP contribution in [0, 0.1) is 0 Å². The number of ether oxygens (including phenoxy) is 1. The van der Waals surface area contributed by atoms with E-state index < -0.39 is 12.7 Å². The minimum Gasteiger partial charge on any atom is -0.463 e. The molecular formula is C23H38O4. The van der Waals surface area contributed by atoms with Crippen molar-refractivity contribution in [2.45, 2.75) is 77.2 Å². The molecule has 0 aromatic heterocycles. The highest BCUT2D eigenvalue weighted by atomic mass is 16.5. The Kier molecular flexibility index (Phi) is 19.4. The van der Waals surface area contributed by atoms with Gasteiger partial charge < -0.3 is 14.9 Å². The van der Waals surface area contributed by atoms with Gasteiger partial charge in [-0.3, -0.25) is 4.79 Å². The van der Waals surface area contributed by atoms with Crippen LogP contribution in [0.5, 0.6) is 0 Å². The maximum absolute atomic E-state index is 11.4. The number of aliphatic hydroxyl groups is 2. The lowest BCUT2D eigenvalue weighted by molar-refractivity contribution is -0.147. The van der Waals surface area contributed by atoms with Gasteiger partial charge >= 0.3 is 5.97 Å². The first kappa shape index (κ1) is 25.4. The van der Waals surface area contributed by atoms with Crippen molar-refractivity contribution in [2.24, 2.45) is 0 Å². The molecule has 0 heterocycles. The molecule has 0 aliphatic carbocycles. The van der Waals surface area contributed by atoms with Crippen LogP contribution in [-0.2, 0) is 9.53 Å². The summed E-state index contributed by atoms with van der Waals surface area (Å²) in [5.41, 5.74) is 0. The molecule has 0 saturated heterocycles. The standard InChI is InChI=1S/C23H38O4/c1-2-3-4-5-6-7-8-9-10-11-12-13-14-15-16-17-18-19-23(26)27-21-22(25)20-24/h6-7,9-10,12-13,15-16,22,24-25H,2-5,8,11,14,17-21H2,1H3/b7-6+,10-9+,13-12+,16-15+. The lowest BCUT2D eigenvalue weighted by Crippen LogP contribution is -2.21. The van der Waals surface area contributed by atoms with Crippen LogP contribution in [0.15, 0.2) is 48.6 Å². The van der Waals surface area contributed by atoms with Crippen LogP contribution in [-0.4, -0.2) is 35.5 Å². The molecule has 0 bridgehead atoms. The van der Waals surface area contributed by atoms with Crippen molar-refractivity contribution < 1.29 is 19.7 Å². The van der Waals surface area contributed by atoms with Crippen LogP contribution < -0.4 is 0 Å². The number of hydrogen-bond acceptors (Lipinski definition) is 4. The zero-order valence-corrected chi connectivity index (χ0v) is 16.9. The van der Waals surface area contributed by atoms with Gasteiger partial charge in [0.15, 0.2) is 0 Å². The number of carbonyl (C=O) groups excluding carboxylic acids is 1. The predicted molar refractivity (Wildman–Crippen MR) is 112 cm³/mol. The average molecular weight is 379 g/mol. The summed E-state index contributed by atoms with van der Waals surface area (Å²) in [5.74, 6) is -0.335. The SMILES string of the molecule is CCCCC/C=C/C/C=C/C/C=C/C/C=C/CCCC(=O)OCC(O)CO. The number of aliphatic hydroxyl groups excluding tert-OH is 2. The molecule has 4 heteroatoms. The summed E-state index contributed by atoms with van der Waals surface area (Å²) in [7, 11) is 0. The molecule has 0 aliphatic rings. The average Bonchev–Trinajstić information content (AvgIpc) is 2.68. The molecule has 0 amide bonds. The van der Waals surface area contributed by atoms with Crippen molar-refractivity contribution >= 4 is 5.97 Å². The number of hydrogen-bond donors (Lipinski definition) is 2. The van der Waals surface area contributed by atoms with Gasteiger partial charge in [-0.1, -0.05) is 68.4 Å². The van der Waals surface area contributed by atoms with Crippen molar-refractivity contribution in [1.29, 1.82) is 0 Å². The Balaban J connectivity index is 3.49.